The first-order valence-electron chi connectivity index (χ1n) is 3.18. The van der Waals surface area contributed by atoms with Crippen LogP contribution in [0.4, 0.5) is 0 Å². The van der Waals surface area contributed by atoms with E-state index in [1.54, 1.807) is 0 Å². The summed E-state index contributed by atoms with van der Waals surface area (Å²) in [6, 6.07) is 0. The molecule has 0 unspecified atom stereocenters. The third kappa shape index (κ3) is 1.70. The van der Waals surface area contributed by atoms with Crippen LogP contribution < -0.4 is 4.72 Å². The van der Waals surface area contributed by atoms with Crippen molar-refractivity contribution in [1.82, 2.24) is 4.72 Å². The van der Waals surface area contributed by atoms with Gasteiger partial charge in [-0.05, 0) is 6.42 Å². The summed E-state index contributed by atoms with van der Waals surface area (Å²) in [6.07, 6.45) is 1.64. The highest BCUT2D eigenvalue weighted by molar-refractivity contribution is 7.90. The maximum absolute atomic E-state index is 10.7. The molecule has 1 rings (SSSR count). The van der Waals surface area contributed by atoms with E-state index in [0.717, 1.165) is 12.8 Å². The smallest absolute Gasteiger partial charge is 0.254 e. The zero-order valence-corrected chi connectivity index (χ0v) is 6.61. The molecule has 1 aliphatic rings. The van der Waals surface area contributed by atoms with Crippen LogP contribution in [-0.4, -0.2) is 20.1 Å². The molecule has 0 aliphatic carbocycles. The van der Waals surface area contributed by atoms with Gasteiger partial charge in [0.15, 0.2) is 5.88 Å². The standard InChI is InChI=1S/C5H10N2O2S/c1-2-3-5-6-4-10(8,9)7-5/h2-4H2,1H3,(H,6,7). The molecule has 0 saturated carbocycles. The van der Waals surface area contributed by atoms with Gasteiger partial charge in [0.05, 0.1) is 0 Å². The van der Waals surface area contributed by atoms with Gasteiger partial charge in [0, 0.05) is 6.42 Å². The van der Waals surface area contributed by atoms with Gasteiger partial charge in [-0.15, -0.1) is 0 Å². The van der Waals surface area contributed by atoms with Crippen molar-refractivity contribution in [3.8, 4) is 0 Å². The number of rotatable bonds is 2. The van der Waals surface area contributed by atoms with Crippen LogP contribution in [0.2, 0.25) is 0 Å². The maximum Gasteiger partial charge on any atom is 0.254 e. The monoisotopic (exact) mass is 162 g/mol. The summed E-state index contributed by atoms with van der Waals surface area (Å²) in [7, 11) is -3.07. The molecule has 1 aliphatic heterocycles. The Morgan fingerprint density at radius 2 is 2.40 bits per heavy atom. The number of amidine groups is 1. The van der Waals surface area contributed by atoms with Crippen LogP contribution in [0, 0.1) is 0 Å². The van der Waals surface area contributed by atoms with Gasteiger partial charge < -0.3 is 0 Å². The second kappa shape index (κ2) is 2.57. The maximum atomic E-state index is 10.7. The lowest BCUT2D eigenvalue weighted by atomic mass is 10.3. The molecule has 0 aromatic heterocycles. The number of aliphatic imine (C=N–C) groups is 1. The number of nitrogens with one attached hydrogen (secondary N) is 1. The van der Waals surface area contributed by atoms with Gasteiger partial charge in [-0.3, -0.25) is 9.71 Å². The summed E-state index contributed by atoms with van der Waals surface area (Å²) in [5.41, 5.74) is 0. The van der Waals surface area contributed by atoms with E-state index >= 15 is 0 Å². The molecule has 58 valence electrons. The summed E-state index contributed by atoms with van der Waals surface area (Å²) < 4.78 is 23.7. The highest BCUT2D eigenvalue weighted by Crippen LogP contribution is 2.00. The lowest BCUT2D eigenvalue weighted by Crippen LogP contribution is -2.24. The van der Waals surface area contributed by atoms with Gasteiger partial charge >= 0.3 is 0 Å². The molecule has 0 radical (unpaired) electrons. The van der Waals surface area contributed by atoms with E-state index in [9.17, 15) is 8.42 Å². The minimum Gasteiger partial charge on any atom is -0.270 e. The van der Waals surface area contributed by atoms with Crippen molar-refractivity contribution in [2.45, 2.75) is 19.8 Å². The molecular weight excluding hydrogens is 152 g/mol. The first kappa shape index (κ1) is 7.53. The van der Waals surface area contributed by atoms with Crippen molar-refractivity contribution >= 4 is 15.9 Å². The molecule has 0 bridgehead atoms. The Morgan fingerprint density at radius 3 is 2.80 bits per heavy atom. The number of hydrogen-bond donors (Lipinski definition) is 1. The zero-order valence-electron chi connectivity index (χ0n) is 5.79. The van der Waals surface area contributed by atoms with Crippen LogP contribution in [0.5, 0.6) is 0 Å². The highest BCUT2D eigenvalue weighted by atomic mass is 32.2. The van der Waals surface area contributed by atoms with Crippen molar-refractivity contribution in [2.75, 3.05) is 5.88 Å². The molecule has 0 fully saturated rings. The van der Waals surface area contributed by atoms with Gasteiger partial charge in [0.2, 0.25) is 0 Å². The third-order valence-corrected chi connectivity index (χ3v) is 2.20. The van der Waals surface area contributed by atoms with Crippen LogP contribution in [0.1, 0.15) is 19.8 Å². The number of hydrogen-bond acceptors (Lipinski definition) is 3. The molecular formula is C5H10N2O2S. The predicted octanol–water partition coefficient (Wildman–Crippen LogP) is 0.0755. The topological polar surface area (TPSA) is 58.5 Å². The van der Waals surface area contributed by atoms with Crippen molar-refractivity contribution in [2.24, 2.45) is 4.99 Å². The Morgan fingerprint density at radius 1 is 1.70 bits per heavy atom. The normalized spacial score (nSPS) is 21.9. The average molecular weight is 162 g/mol. The van der Waals surface area contributed by atoms with E-state index < -0.39 is 10.0 Å². The van der Waals surface area contributed by atoms with Crippen LogP contribution in [0.25, 0.3) is 0 Å². The Balaban J connectivity index is 2.55. The molecule has 0 spiro atoms. The number of sulfonamides is 1. The Kier molecular flexibility index (Phi) is 1.94. The average Bonchev–Trinajstić information content (AvgIpc) is 2.12. The Labute approximate surface area is 60.4 Å². The quantitative estimate of drug-likeness (QED) is 0.625. The van der Waals surface area contributed by atoms with Gasteiger partial charge in [0.1, 0.15) is 5.84 Å². The van der Waals surface area contributed by atoms with Gasteiger partial charge in [-0.1, -0.05) is 6.92 Å². The Hall–Kier alpha value is -0.580. The minimum absolute atomic E-state index is 0.0949. The summed E-state index contributed by atoms with van der Waals surface area (Å²) in [4.78, 5) is 3.80. The predicted molar refractivity (Wildman–Crippen MR) is 39.3 cm³/mol. The van der Waals surface area contributed by atoms with Gasteiger partial charge in [-0.2, -0.15) is 0 Å². The summed E-state index contributed by atoms with van der Waals surface area (Å²) in [5.74, 6) is 0.505. The van der Waals surface area contributed by atoms with Crippen molar-refractivity contribution in [3.63, 3.8) is 0 Å². The van der Waals surface area contributed by atoms with E-state index in [2.05, 4.69) is 9.71 Å². The molecule has 5 heteroatoms. The fraction of sp³-hybridized carbons (Fsp3) is 0.800. The third-order valence-electron chi connectivity index (χ3n) is 1.19. The minimum atomic E-state index is -3.07. The first-order valence-corrected chi connectivity index (χ1v) is 4.83. The molecule has 0 aromatic rings. The van der Waals surface area contributed by atoms with E-state index in [-0.39, 0.29) is 5.88 Å². The zero-order chi connectivity index (χ0) is 7.61. The van der Waals surface area contributed by atoms with E-state index in [1.807, 2.05) is 6.92 Å². The lowest BCUT2D eigenvalue weighted by Gasteiger charge is -1.96. The van der Waals surface area contributed by atoms with Crippen LogP contribution in [-0.2, 0) is 10.0 Å². The van der Waals surface area contributed by atoms with Crippen LogP contribution in [0.3, 0.4) is 0 Å². The SMILES string of the molecule is CCCC1=NCS(=O)(=O)N1. The van der Waals surface area contributed by atoms with Crippen molar-refractivity contribution in [1.29, 1.82) is 0 Å². The van der Waals surface area contributed by atoms with Crippen molar-refractivity contribution in [3.05, 3.63) is 0 Å². The molecule has 0 atom stereocenters. The fourth-order valence-corrected chi connectivity index (χ4v) is 1.69. The molecule has 0 aromatic carbocycles. The summed E-state index contributed by atoms with van der Waals surface area (Å²) in [6.45, 7) is 1.98. The molecule has 0 saturated heterocycles. The molecule has 0 amide bonds. The lowest BCUT2D eigenvalue weighted by molar-refractivity contribution is 0.596. The van der Waals surface area contributed by atoms with Crippen molar-refractivity contribution < 1.29 is 8.42 Å². The van der Waals surface area contributed by atoms with E-state index in [1.165, 1.54) is 0 Å². The first-order chi connectivity index (χ1) is 4.64. The van der Waals surface area contributed by atoms with Gasteiger partial charge in [0.25, 0.3) is 10.0 Å². The molecule has 1 N–H and O–H groups in total. The molecule has 4 nitrogen and oxygen atoms in total. The van der Waals surface area contributed by atoms with E-state index in [0.29, 0.717) is 5.84 Å². The fourth-order valence-electron chi connectivity index (χ4n) is 0.774. The molecule has 1 heterocycles. The van der Waals surface area contributed by atoms with Gasteiger partial charge in [-0.25, -0.2) is 8.42 Å². The van der Waals surface area contributed by atoms with E-state index in [4.69, 9.17) is 0 Å². The Bertz CT molecular complexity index is 242. The highest BCUT2D eigenvalue weighted by Gasteiger charge is 2.17. The number of nitrogens with zero attached hydrogens (tertiary/aromatic N) is 1. The summed E-state index contributed by atoms with van der Waals surface area (Å²) >= 11 is 0. The second-order valence-corrected chi connectivity index (χ2v) is 3.89. The summed E-state index contributed by atoms with van der Waals surface area (Å²) in [5, 5.41) is 0. The van der Waals surface area contributed by atoms with Crippen LogP contribution >= 0.6 is 0 Å². The van der Waals surface area contributed by atoms with Crippen LogP contribution in [0.15, 0.2) is 4.99 Å². The largest absolute Gasteiger partial charge is 0.270 e. The second-order valence-electron chi connectivity index (χ2n) is 2.20. The molecule has 10 heavy (non-hydrogen) atoms.